The Hall–Kier alpha value is -1.42. The number of anilines is 1. The highest BCUT2D eigenvalue weighted by molar-refractivity contribution is 14.0. The minimum Gasteiger partial charge on any atom is -0.497 e. The summed E-state index contributed by atoms with van der Waals surface area (Å²) in [7, 11) is 3.35. The average Bonchev–Trinajstić information content (AvgIpc) is 3.22. The van der Waals surface area contributed by atoms with Crippen molar-refractivity contribution in [2.24, 2.45) is 10.4 Å². The van der Waals surface area contributed by atoms with Gasteiger partial charge in [0.25, 0.3) is 0 Å². The van der Waals surface area contributed by atoms with Crippen LogP contribution in [-0.2, 0) is 0 Å². The van der Waals surface area contributed by atoms with Gasteiger partial charge >= 0.3 is 0 Å². The van der Waals surface area contributed by atoms with E-state index in [2.05, 4.69) is 41.5 Å². The molecule has 1 aliphatic heterocycles. The van der Waals surface area contributed by atoms with Crippen molar-refractivity contribution < 1.29 is 14.6 Å². The molecule has 1 saturated heterocycles. The lowest BCUT2D eigenvalue weighted by Gasteiger charge is -2.37. The van der Waals surface area contributed by atoms with E-state index in [0.717, 1.165) is 68.5 Å². The van der Waals surface area contributed by atoms with Crippen LogP contribution in [0.15, 0.2) is 23.2 Å². The molecule has 1 saturated carbocycles. The van der Waals surface area contributed by atoms with E-state index in [1.807, 2.05) is 6.07 Å². The molecule has 7 nitrogen and oxygen atoms in total. The van der Waals surface area contributed by atoms with E-state index in [4.69, 9.17) is 14.5 Å². The number of halogens is 1. The Bertz CT molecular complexity index is 711. The summed E-state index contributed by atoms with van der Waals surface area (Å²) in [5, 5.41) is 17.4. The van der Waals surface area contributed by atoms with Gasteiger partial charge in [0.15, 0.2) is 5.96 Å². The molecule has 2 aliphatic rings. The van der Waals surface area contributed by atoms with Gasteiger partial charge in [-0.05, 0) is 26.2 Å². The molecule has 8 heteroatoms. The lowest BCUT2D eigenvalue weighted by Crippen LogP contribution is -2.46. The number of aliphatic hydroxyl groups excluding tert-OH is 1. The van der Waals surface area contributed by atoms with E-state index in [9.17, 15) is 5.11 Å². The summed E-state index contributed by atoms with van der Waals surface area (Å²) in [6, 6.07) is 6.31. The van der Waals surface area contributed by atoms with E-state index < -0.39 is 0 Å². The van der Waals surface area contributed by atoms with Gasteiger partial charge in [0, 0.05) is 55.0 Å². The minimum absolute atomic E-state index is 0. The standard InChI is InChI=1S/C23H38N4O3.HI/c1-5-24-22(25-16-23(2)10-7-6-8-21(23)28)26-17-9-11-27(15-17)18-12-19(29-3)14-20(13-18)30-4;/h12-14,17,21,28H,5-11,15-16H2,1-4H3,(H2,24,25,26);1H. The van der Waals surface area contributed by atoms with Crippen LogP contribution >= 0.6 is 24.0 Å². The van der Waals surface area contributed by atoms with Gasteiger partial charge in [-0.2, -0.15) is 0 Å². The predicted molar refractivity (Wildman–Crippen MR) is 137 cm³/mol. The van der Waals surface area contributed by atoms with Crippen LogP contribution in [-0.4, -0.2) is 63.6 Å². The Labute approximate surface area is 204 Å². The van der Waals surface area contributed by atoms with Gasteiger partial charge in [0.2, 0.25) is 0 Å². The highest BCUT2D eigenvalue weighted by Gasteiger charge is 2.35. The van der Waals surface area contributed by atoms with Crippen LogP contribution in [0.1, 0.15) is 46.0 Å². The molecule has 0 spiro atoms. The summed E-state index contributed by atoms with van der Waals surface area (Å²) in [6.45, 7) is 7.56. The zero-order chi connectivity index (χ0) is 21.6. The Kier molecular flexibility index (Phi) is 9.99. The first-order chi connectivity index (χ1) is 14.5. The molecular formula is C23H39IN4O3. The number of ether oxygens (including phenoxy) is 2. The molecule has 0 amide bonds. The van der Waals surface area contributed by atoms with Gasteiger partial charge in [-0.3, -0.25) is 4.99 Å². The third-order valence-electron chi connectivity index (χ3n) is 6.45. The molecule has 176 valence electrons. The quantitative estimate of drug-likeness (QED) is 0.277. The van der Waals surface area contributed by atoms with E-state index in [1.54, 1.807) is 14.2 Å². The Morgan fingerprint density at radius 1 is 1.19 bits per heavy atom. The zero-order valence-corrected chi connectivity index (χ0v) is 21.6. The first-order valence-electron chi connectivity index (χ1n) is 11.2. The molecule has 0 bridgehead atoms. The number of nitrogens with one attached hydrogen (secondary N) is 2. The van der Waals surface area contributed by atoms with Crippen LogP contribution in [0.5, 0.6) is 11.5 Å². The number of guanidine groups is 1. The van der Waals surface area contributed by atoms with E-state index >= 15 is 0 Å². The first kappa shape index (κ1) is 25.8. The largest absolute Gasteiger partial charge is 0.497 e. The van der Waals surface area contributed by atoms with Crippen molar-refractivity contribution in [3.63, 3.8) is 0 Å². The summed E-state index contributed by atoms with van der Waals surface area (Å²) >= 11 is 0. The molecule has 1 aromatic carbocycles. The van der Waals surface area contributed by atoms with Crippen molar-refractivity contribution in [3.8, 4) is 11.5 Å². The molecule has 1 heterocycles. The van der Waals surface area contributed by atoms with Crippen molar-refractivity contribution >= 4 is 35.6 Å². The van der Waals surface area contributed by atoms with E-state index in [-0.39, 0.29) is 35.5 Å². The van der Waals surface area contributed by atoms with Gasteiger partial charge in [0.05, 0.1) is 26.9 Å². The van der Waals surface area contributed by atoms with Crippen molar-refractivity contribution in [2.75, 3.05) is 45.3 Å². The fourth-order valence-electron chi connectivity index (χ4n) is 4.43. The van der Waals surface area contributed by atoms with Crippen LogP contribution < -0.4 is 25.0 Å². The fourth-order valence-corrected chi connectivity index (χ4v) is 4.43. The third kappa shape index (κ3) is 6.78. The van der Waals surface area contributed by atoms with E-state index in [0.29, 0.717) is 12.6 Å². The second-order valence-corrected chi connectivity index (χ2v) is 8.76. The van der Waals surface area contributed by atoms with E-state index in [1.165, 1.54) is 6.42 Å². The van der Waals surface area contributed by atoms with Crippen LogP contribution in [0.3, 0.4) is 0 Å². The van der Waals surface area contributed by atoms with Crippen LogP contribution in [0, 0.1) is 5.41 Å². The molecule has 0 aromatic heterocycles. The summed E-state index contributed by atoms with van der Waals surface area (Å²) in [5.74, 6) is 2.44. The molecule has 3 N–H and O–H groups in total. The van der Waals surface area contributed by atoms with Crippen molar-refractivity contribution in [1.29, 1.82) is 0 Å². The summed E-state index contributed by atoms with van der Waals surface area (Å²) < 4.78 is 10.8. The fraction of sp³-hybridized carbons (Fsp3) is 0.696. The Morgan fingerprint density at radius 3 is 2.52 bits per heavy atom. The van der Waals surface area contributed by atoms with Gasteiger partial charge in [-0.1, -0.05) is 19.8 Å². The summed E-state index contributed by atoms with van der Waals surface area (Å²) in [4.78, 5) is 7.20. The Morgan fingerprint density at radius 2 is 1.90 bits per heavy atom. The van der Waals surface area contributed by atoms with Crippen LogP contribution in [0.25, 0.3) is 0 Å². The maximum Gasteiger partial charge on any atom is 0.191 e. The topological polar surface area (TPSA) is 78.4 Å². The number of aliphatic imine (C=N–C) groups is 1. The Balaban J connectivity index is 0.00000341. The van der Waals surface area contributed by atoms with Crippen LogP contribution in [0.4, 0.5) is 5.69 Å². The number of benzene rings is 1. The SMILES string of the molecule is CCNC(=NCC1(C)CCCCC1O)NC1CCN(c2cc(OC)cc(OC)c2)C1.I. The maximum atomic E-state index is 10.5. The maximum absolute atomic E-state index is 10.5. The molecule has 3 unspecified atom stereocenters. The summed E-state index contributed by atoms with van der Waals surface area (Å²) in [5.41, 5.74) is 0.981. The number of nitrogens with zero attached hydrogens (tertiary/aromatic N) is 2. The van der Waals surface area contributed by atoms with Gasteiger partial charge in [0.1, 0.15) is 11.5 Å². The second-order valence-electron chi connectivity index (χ2n) is 8.76. The molecule has 1 aromatic rings. The molecule has 2 fully saturated rings. The lowest BCUT2D eigenvalue weighted by molar-refractivity contribution is 0.00716. The molecular weight excluding hydrogens is 507 g/mol. The smallest absolute Gasteiger partial charge is 0.191 e. The zero-order valence-electron chi connectivity index (χ0n) is 19.3. The van der Waals surface area contributed by atoms with Gasteiger partial charge < -0.3 is 30.1 Å². The number of hydrogen-bond donors (Lipinski definition) is 3. The number of hydrogen-bond acceptors (Lipinski definition) is 5. The molecule has 1 aliphatic carbocycles. The number of aliphatic hydroxyl groups is 1. The van der Waals surface area contributed by atoms with Gasteiger partial charge in [-0.15, -0.1) is 24.0 Å². The molecule has 31 heavy (non-hydrogen) atoms. The minimum atomic E-state index is -0.261. The van der Waals surface area contributed by atoms with Crippen molar-refractivity contribution in [1.82, 2.24) is 10.6 Å². The highest BCUT2D eigenvalue weighted by Crippen LogP contribution is 2.36. The van der Waals surface area contributed by atoms with Crippen LogP contribution in [0.2, 0.25) is 0 Å². The third-order valence-corrected chi connectivity index (χ3v) is 6.45. The summed E-state index contributed by atoms with van der Waals surface area (Å²) in [6.07, 6.45) is 4.98. The molecule has 3 rings (SSSR count). The average molecular weight is 546 g/mol. The predicted octanol–water partition coefficient (Wildman–Crippen LogP) is 3.40. The highest BCUT2D eigenvalue weighted by atomic mass is 127. The second kappa shape index (κ2) is 12.0. The van der Waals surface area contributed by atoms with Crippen molar-refractivity contribution in [2.45, 2.75) is 58.1 Å². The van der Waals surface area contributed by atoms with Crippen molar-refractivity contribution in [3.05, 3.63) is 18.2 Å². The molecule has 3 atom stereocenters. The van der Waals surface area contributed by atoms with Gasteiger partial charge in [-0.25, -0.2) is 0 Å². The first-order valence-corrected chi connectivity index (χ1v) is 11.2. The lowest BCUT2D eigenvalue weighted by atomic mass is 9.73. The molecule has 0 radical (unpaired) electrons. The normalized spacial score (nSPS) is 26.2. The monoisotopic (exact) mass is 546 g/mol. The number of methoxy groups -OCH3 is 2. The number of rotatable bonds is 7.